The highest BCUT2D eigenvalue weighted by Crippen LogP contribution is 2.22. The first-order chi connectivity index (χ1) is 12.1. The number of piperidine rings is 1. The van der Waals surface area contributed by atoms with Gasteiger partial charge in [-0.15, -0.1) is 0 Å². The molecule has 1 unspecified atom stereocenters. The van der Waals surface area contributed by atoms with Crippen molar-refractivity contribution in [2.24, 2.45) is 7.05 Å². The van der Waals surface area contributed by atoms with E-state index in [9.17, 15) is 0 Å². The molecule has 132 valence electrons. The van der Waals surface area contributed by atoms with Gasteiger partial charge in [0.25, 0.3) is 0 Å². The molecule has 1 aliphatic rings. The van der Waals surface area contributed by atoms with Gasteiger partial charge in [0.15, 0.2) is 0 Å². The number of hydrogen-bond donors (Lipinski definition) is 0. The second kappa shape index (κ2) is 6.59. The zero-order valence-electron chi connectivity index (χ0n) is 15.3. The number of para-hydroxylation sites is 2. The normalized spacial score (nSPS) is 18.9. The van der Waals surface area contributed by atoms with E-state index in [0.29, 0.717) is 6.04 Å². The molecule has 0 bridgehead atoms. The zero-order valence-corrected chi connectivity index (χ0v) is 15.3. The Morgan fingerprint density at radius 3 is 2.72 bits per heavy atom. The van der Waals surface area contributed by atoms with Crippen LogP contribution in [0.15, 0.2) is 24.3 Å². The lowest BCUT2D eigenvalue weighted by atomic mass is 10.0. The molecule has 1 saturated heterocycles. The van der Waals surface area contributed by atoms with Crippen molar-refractivity contribution >= 4 is 11.0 Å². The van der Waals surface area contributed by atoms with E-state index >= 15 is 0 Å². The summed E-state index contributed by atoms with van der Waals surface area (Å²) < 4.78 is 4.29. The predicted molar refractivity (Wildman–Crippen MR) is 98.3 cm³/mol. The molecule has 6 heteroatoms. The molecule has 4 rings (SSSR count). The van der Waals surface area contributed by atoms with Crippen molar-refractivity contribution in [3.63, 3.8) is 0 Å². The number of aromatic nitrogens is 5. The summed E-state index contributed by atoms with van der Waals surface area (Å²) in [5.74, 6) is 3.00. The molecule has 0 saturated carbocycles. The van der Waals surface area contributed by atoms with E-state index < -0.39 is 0 Å². The molecule has 3 heterocycles. The maximum Gasteiger partial charge on any atom is 0.147 e. The summed E-state index contributed by atoms with van der Waals surface area (Å²) >= 11 is 0. The fourth-order valence-electron chi connectivity index (χ4n) is 3.93. The summed E-state index contributed by atoms with van der Waals surface area (Å²) in [6, 6.07) is 8.86. The summed E-state index contributed by atoms with van der Waals surface area (Å²) in [6.45, 7) is 6.93. The van der Waals surface area contributed by atoms with Crippen molar-refractivity contribution in [1.82, 2.24) is 29.2 Å². The van der Waals surface area contributed by atoms with Crippen molar-refractivity contribution in [2.75, 3.05) is 6.54 Å². The predicted octanol–water partition coefficient (Wildman–Crippen LogP) is 2.84. The minimum atomic E-state index is 0.494. The molecule has 1 aromatic carbocycles. The number of aryl methyl sites for hydroxylation is 3. The highest BCUT2D eigenvalue weighted by molar-refractivity contribution is 5.75. The number of fused-ring (bicyclic) bond motifs is 1. The average molecular weight is 338 g/mol. The molecule has 1 fully saturated rings. The van der Waals surface area contributed by atoms with E-state index in [-0.39, 0.29) is 0 Å². The van der Waals surface area contributed by atoms with Gasteiger partial charge in [-0.2, -0.15) is 5.10 Å². The van der Waals surface area contributed by atoms with Gasteiger partial charge in [-0.05, 0) is 45.4 Å². The highest BCUT2D eigenvalue weighted by atomic mass is 15.4. The van der Waals surface area contributed by atoms with Crippen LogP contribution in [0.25, 0.3) is 11.0 Å². The Bertz CT molecular complexity index is 877. The van der Waals surface area contributed by atoms with Gasteiger partial charge in [0.05, 0.1) is 24.1 Å². The van der Waals surface area contributed by atoms with Crippen molar-refractivity contribution in [3.8, 4) is 0 Å². The summed E-state index contributed by atoms with van der Waals surface area (Å²) in [5, 5.41) is 4.56. The lowest BCUT2D eigenvalue weighted by Crippen LogP contribution is -2.42. The summed E-state index contributed by atoms with van der Waals surface area (Å²) in [6.07, 6.45) is 3.76. The van der Waals surface area contributed by atoms with Crippen LogP contribution in [-0.4, -0.2) is 41.8 Å². The van der Waals surface area contributed by atoms with Gasteiger partial charge in [0.1, 0.15) is 17.5 Å². The van der Waals surface area contributed by atoms with Gasteiger partial charge >= 0.3 is 0 Å². The molecule has 0 amide bonds. The van der Waals surface area contributed by atoms with Crippen molar-refractivity contribution in [3.05, 3.63) is 41.7 Å². The standard InChI is InChI=1S/C19H26N6/c1-14-20-15(2)25(22-14)12-16-8-6-7-11-24(16)13-19-21-17-9-4-5-10-18(17)23(19)3/h4-5,9-10,16H,6-8,11-13H2,1-3H3. The molecule has 0 aliphatic carbocycles. The largest absolute Gasteiger partial charge is 0.330 e. The first-order valence-electron chi connectivity index (χ1n) is 9.14. The number of likely N-dealkylation sites (tertiary alicyclic amines) is 1. The third-order valence-electron chi connectivity index (χ3n) is 5.32. The minimum Gasteiger partial charge on any atom is -0.330 e. The smallest absolute Gasteiger partial charge is 0.147 e. The Labute approximate surface area is 148 Å². The molecule has 2 aromatic heterocycles. The molecule has 0 spiro atoms. The monoisotopic (exact) mass is 338 g/mol. The maximum absolute atomic E-state index is 4.86. The van der Waals surface area contributed by atoms with Gasteiger partial charge in [-0.3, -0.25) is 4.90 Å². The van der Waals surface area contributed by atoms with Crippen molar-refractivity contribution in [2.45, 2.75) is 52.2 Å². The summed E-state index contributed by atoms with van der Waals surface area (Å²) in [7, 11) is 2.12. The van der Waals surface area contributed by atoms with Gasteiger partial charge in [-0.1, -0.05) is 18.6 Å². The molecule has 25 heavy (non-hydrogen) atoms. The van der Waals surface area contributed by atoms with E-state index in [1.165, 1.54) is 24.8 Å². The Kier molecular flexibility index (Phi) is 4.29. The summed E-state index contributed by atoms with van der Waals surface area (Å²) in [4.78, 5) is 11.9. The van der Waals surface area contributed by atoms with Gasteiger partial charge in [0, 0.05) is 13.1 Å². The van der Waals surface area contributed by atoms with Crippen LogP contribution in [0.5, 0.6) is 0 Å². The number of hydrogen-bond acceptors (Lipinski definition) is 4. The number of rotatable bonds is 4. The van der Waals surface area contributed by atoms with Crippen molar-refractivity contribution < 1.29 is 0 Å². The van der Waals surface area contributed by atoms with Crippen LogP contribution in [-0.2, 0) is 20.1 Å². The molecule has 3 aromatic rings. The lowest BCUT2D eigenvalue weighted by Gasteiger charge is -2.35. The summed E-state index contributed by atoms with van der Waals surface area (Å²) in [5.41, 5.74) is 2.28. The SMILES string of the molecule is Cc1nc(C)n(CC2CCCCN2Cc2nc3ccccc3n2C)n1. The van der Waals surface area contributed by atoms with Crippen LogP contribution in [0.1, 0.15) is 36.7 Å². The molecule has 1 atom stereocenters. The molecule has 1 aliphatic heterocycles. The van der Waals surface area contributed by atoms with Crippen molar-refractivity contribution in [1.29, 1.82) is 0 Å². The molecule has 0 radical (unpaired) electrons. The Balaban J connectivity index is 1.56. The van der Waals surface area contributed by atoms with E-state index in [2.05, 4.69) is 55.5 Å². The first kappa shape index (κ1) is 16.3. The van der Waals surface area contributed by atoms with E-state index in [4.69, 9.17) is 4.98 Å². The van der Waals surface area contributed by atoms with Gasteiger partial charge < -0.3 is 4.57 Å². The quantitative estimate of drug-likeness (QED) is 0.734. The third-order valence-corrected chi connectivity index (χ3v) is 5.32. The third kappa shape index (κ3) is 3.18. The van der Waals surface area contributed by atoms with E-state index in [1.54, 1.807) is 0 Å². The van der Waals surface area contributed by atoms with Crippen LogP contribution in [0.3, 0.4) is 0 Å². The fourth-order valence-corrected chi connectivity index (χ4v) is 3.93. The molecular formula is C19H26N6. The number of nitrogens with zero attached hydrogens (tertiary/aromatic N) is 6. The van der Waals surface area contributed by atoms with Gasteiger partial charge in [0.2, 0.25) is 0 Å². The number of imidazole rings is 1. The molecule has 6 nitrogen and oxygen atoms in total. The van der Waals surface area contributed by atoms with E-state index in [1.807, 2.05) is 13.8 Å². The Morgan fingerprint density at radius 2 is 1.96 bits per heavy atom. The fraction of sp³-hybridized carbons (Fsp3) is 0.526. The second-order valence-electron chi connectivity index (χ2n) is 7.08. The van der Waals surface area contributed by atoms with Crippen LogP contribution in [0.2, 0.25) is 0 Å². The Morgan fingerprint density at radius 1 is 1.12 bits per heavy atom. The first-order valence-corrected chi connectivity index (χ1v) is 9.14. The topological polar surface area (TPSA) is 51.8 Å². The minimum absolute atomic E-state index is 0.494. The van der Waals surface area contributed by atoms with Crippen LogP contribution >= 0.6 is 0 Å². The Hall–Kier alpha value is -2.21. The highest BCUT2D eigenvalue weighted by Gasteiger charge is 2.25. The lowest BCUT2D eigenvalue weighted by molar-refractivity contribution is 0.117. The second-order valence-corrected chi connectivity index (χ2v) is 7.08. The van der Waals surface area contributed by atoms with Crippen LogP contribution in [0.4, 0.5) is 0 Å². The van der Waals surface area contributed by atoms with Crippen LogP contribution < -0.4 is 0 Å². The maximum atomic E-state index is 4.86. The van der Waals surface area contributed by atoms with Crippen LogP contribution in [0, 0.1) is 13.8 Å². The molecular weight excluding hydrogens is 312 g/mol. The molecule has 0 N–H and O–H groups in total. The zero-order chi connectivity index (χ0) is 17.4. The van der Waals surface area contributed by atoms with Gasteiger partial charge in [-0.25, -0.2) is 14.6 Å². The average Bonchev–Trinajstić information content (AvgIpc) is 3.09. The number of benzene rings is 1. The van der Waals surface area contributed by atoms with E-state index in [0.717, 1.165) is 42.6 Å².